The lowest BCUT2D eigenvalue weighted by molar-refractivity contribution is 0.0930. The van der Waals surface area contributed by atoms with Crippen molar-refractivity contribution in [1.29, 1.82) is 0 Å². The number of likely N-dealkylation sites (tertiary alicyclic amines) is 1. The maximum Gasteiger partial charge on any atom is 0.280 e. The van der Waals surface area contributed by atoms with Gasteiger partial charge in [-0.05, 0) is 76.2 Å². The van der Waals surface area contributed by atoms with E-state index in [1.165, 1.54) is 37.0 Å². The van der Waals surface area contributed by atoms with E-state index in [2.05, 4.69) is 34.9 Å². The summed E-state index contributed by atoms with van der Waals surface area (Å²) in [7, 11) is 0. The number of carbonyl (C=O) groups excluding carboxylic acids is 1. The topological polar surface area (TPSA) is 105 Å². The van der Waals surface area contributed by atoms with Gasteiger partial charge in [0, 0.05) is 29.9 Å². The van der Waals surface area contributed by atoms with Gasteiger partial charge in [-0.25, -0.2) is 9.97 Å². The minimum Gasteiger partial charge on any atom is -0.477 e. The molecule has 5 rings (SSSR count). The Hall–Kier alpha value is -2.76. The van der Waals surface area contributed by atoms with Crippen molar-refractivity contribution in [2.45, 2.75) is 50.3 Å². The van der Waals surface area contributed by atoms with Crippen LogP contribution >= 0.6 is 23.3 Å². The summed E-state index contributed by atoms with van der Waals surface area (Å²) >= 11 is 3.06. The third-order valence-corrected chi connectivity index (χ3v) is 8.28. The van der Waals surface area contributed by atoms with Crippen molar-refractivity contribution in [2.24, 2.45) is 0 Å². The van der Waals surface area contributed by atoms with Gasteiger partial charge in [0.1, 0.15) is 5.69 Å². The number of nitrogens with one attached hydrogen (secondary N) is 2. The molecule has 1 amide bonds. The van der Waals surface area contributed by atoms with Gasteiger partial charge in [0.25, 0.3) is 5.91 Å². The van der Waals surface area contributed by atoms with Crippen LogP contribution in [0.3, 0.4) is 0 Å². The van der Waals surface area contributed by atoms with Gasteiger partial charge in [-0.2, -0.15) is 0 Å². The second-order valence-corrected chi connectivity index (χ2v) is 11.1. The van der Waals surface area contributed by atoms with Gasteiger partial charge in [0.2, 0.25) is 5.88 Å². The molecule has 4 heterocycles. The molecule has 0 aromatic carbocycles. The van der Waals surface area contributed by atoms with Gasteiger partial charge in [0.15, 0.2) is 5.01 Å². The van der Waals surface area contributed by atoms with E-state index in [-0.39, 0.29) is 11.9 Å². The van der Waals surface area contributed by atoms with E-state index < -0.39 is 0 Å². The molecule has 2 N–H and O–H groups in total. The number of thiazole rings is 1. The number of rotatable bonds is 12. The summed E-state index contributed by atoms with van der Waals surface area (Å²) in [4.78, 5) is 34.1. The van der Waals surface area contributed by atoms with Crippen molar-refractivity contribution in [2.75, 3.05) is 31.0 Å². The molecule has 3 aromatic rings. The molecule has 1 saturated carbocycles. The van der Waals surface area contributed by atoms with Gasteiger partial charge in [-0.1, -0.05) is 0 Å². The van der Waals surface area contributed by atoms with Crippen molar-refractivity contribution in [3.05, 3.63) is 47.6 Å². The maximum atomic E-state index is 13.3. The number of nitrogens with zero attached hydrogens (tertiary/aromatic N) is 5. The number of amides is 1. The average Bonchev–Trinajstić information content (AvgIpc) is 3.35. The first-order chi connectivity index (χ1) is 17.7. The predicted molar refractivity (Wildman–Crippen MR) is 143 cm³/mol. The van der Waals surface area contributed by atoms with Crippen LogP contribution in [0.15, 0.2) is 36.9 Å². The average molecular weight is 526 g/mol. The Balaban J connectivity index is 1.30. The normalized spacial score (nSPS) is 16.6. The summed E-state index contributed by atoms with van der Waals surface area (Å²) in [5, 5.41) is 4.29. The Morgan fingerprint density at radius 2 is 2.11 bits per heavy atom. The van der Waals surface area contributed by atoms with E-state index in [1.807, 2.05) is 25.3 Å². The summed E-state index contributed by atoms with van der Waals surface area (Å²) in [6.07, 6.45) is 12.5. The van der Waals surface area contributed by atoms with Crippen LogP contribution in [0, 0.1) is 0 Å². The molecule has 1 aliphatic carbocycles. The van der Waals surface area contributed by atoms with Gasteiger partial charge in [-0.3, -0.25) is 14.8 Å². The van der Waals surface area contributed by atoms with E-state index in [1.54, 1.807) is 30.5 Å². The number of anilines is 1. The summed E-state index contributed by atoms with van der Waals surface area (Å²) < 4.78 is 8.89. The van der Waals surface area contributed by atoms with E-state index in [9.17, 15) is 4.79 Å². The molecule has 0 spiro atoms. The molecule has 11 heteroatoms. The van der Waals surface area contributed by atoms with Crippen LogP contribution in [0.4, 0.5) is 5.69 Å². The summed E-state index contributed by atoms with van der Waals surface area (Å²) in [6.45, 7) is 5.56. The van der Waals surface area contributed by atoms with Crippen molar-refractivity contribution in [3.63, 3.8) is 0 Å². The zero-order valence-corrected chi connectivity index (χ0v) is 22.0. The molecular weight excluding hydrogens is 494 g/mol. The van der Waals surface area contributed by atoms with Crippen molar-refractivity contribution in [3.8, 4) is 16.5 Å². The SMILES string of the molecule is CCOc1cncc(-c2cnc(C(=O)NC(CCN3CCCC3)c3cc(NSC4CC4)ccn3)s2)n1. The second-order valence-electron chi connectivity index (χ2n) is 8.96. The van der Waals surface area contributed by atoms with Gasteiger partial charge >= 0.3 is 0 Å². The summed E-state index contributed by atoms with van der Waals surface area (Å²) in [5.74, 6) is 0.245. The van der Waals surface area contributed by atoms with Crippen LogP contribution < -0.4 is 14.8 Å². The van der Waals surface area contributed by atoms with Crippen LogP contribution in [0.25, 0.3) is 10.6 Å². The van der Waals surface area contributed by atoms with Gasteiger partial charge in [0.05, 0.1) is 35.6 Å². The minimum atomic E-state index is -0.209. The number of hydrogen-bond acceptors (Lipinski definition) is 10. The standard InChI is InChI=1S/C25H31N7O2S2/c1-2-34-23-16-26-14-21(29-23)22-15-28-25(35-22)24(33)30-19(8-12-32-10-3-4-11-32)20-13-17(7-9-27-20)31-36-18-5-6-18/h7,9,13-16,18-19H,2-6,8,10-12H2,1H3,(H,27,31)(H,30,33). The third-order valence-electron chi connectivity index (χ3n) is 6.10. The largest absolute Gasteiger partial charge is 0.477 e. The first kappa shape index (κ1) is 24.9. The van der Waals surface area contributed by atoms with Crippen LogP contribution in [-0.2, 0) is 0 Å². The first-order valence-corrected chi connectivity index (χ1v) is 14.2. The molecule has 0 radical (unpaired) electrons. The Labute approximate surface area is 219 Å². The fourth-order valence-electron chi connectivity index (χ4n) is 4.05. The van der Waals surface area contributed by atoms with E-state index in [0.29, 0.717) is 28.4 Å². The highest BCUT2D eigenvalue weighted by molar-refractivity contribution is 8.01. The van der Waals surface area contributed by atoms with Crippen LogP contribution in [-0.4, -0.2) is 62.2 Å². The Morgan fingerprint density at radius 3 is 2.92 bits per heavy atom. The maximum absolute atomic E-state index is 13.3. The van der Waals surface area contributed by atoms with E-state index in [4.69, 9.17) is 4.74 Å². The second kappa shape index (κ2) is 12.0. The Bertz CT molecular complexity index is 1160. The number of aromatic nitrogens is 4. The number of carbonyl (C=O) groups is 1. The number of ether oxygens (including phenoxy) is 1. The molecule has 1 unspecified atom stereocenters. The first-order valence-electron chi connectivity index (χ1n) is 12.5. The monoisotopic (exact) mass is 525 g/mol. The van der Waals surface area contributed by atoms with Gasteiger partial charge < -0.3 is 19.7 Å². The third kappa shape index (κ3) is 6.71. The zero-order chi connectivity index (χ0) is 24.7. The minimum absolute atomic E-state index is 0.209. The van der Waals surface area contributed by atoms with E-state index >= 15 is 0 Å². The fourth-order valence-corrected chi connectivity index (χ4v) is 5.63. The molecule has 1 aliphatic heterocycles. The highest BCUT2D eigenvalue weighted by Crippen LogP contribution is 2.34. The molecule has 1 atom stereocenters. The van der Waals surface area contributed by atoms with Crippen LogP contribution in [0.1, 0.15) is 60.6 Å². The van der Waals surface area contributed by atoms with Crippen LogP contribution in [0.2, 0.25) is 0 Å². The van der Waals surface area contributed by atoms with Crippen molar-refractivity contribution >= 4 is 34.9 Å². The number of pyridine rings is 1. The number of hydrogen-bond donors (Lipinski definition) is 2. The summed E-state index contributed by atoms with van der Waals surface area (Å²) in [5.41, 5.74) is 2.51. The lowest BCUT2D eigenvalue weighted by Crippen LogP contribution is -2.32. The van der Waals surface area contributed by atoms with Crippen molar-refractivity contribution < 1.29 is 9.53 Å². The van der Waals surface area contributed by atoms with Crippen molar-refractivity contribution in [1.82, 2.24) is 30.2 Å². The summed E-state index contributed by atoms with van der Waals surface area (Å²) in [6, 6.07) is 3.81. The zero-order valence-electron chi connectivity index (χ0n) is 20.4. The Morgan fingerprint density at radius 1 is 1.25 bits per heavy atom. The van der Waals surface area contributed by atoms with E-state index in [0.717, 1.165) is 42.3 Å². The molecule has 0 bridgehead atoms. The highest BCUT2D eigenvalue weighted by atomic mass is 32.2. The molecule has 3 aromatic heterocycles. The molecular formula is C25H31N7O2S2. The lowest BCUT2D eigenvalue weighted by atomic mass is 10.1. The molecule has 2 fully saturated rings. The molecule has 36 heavy (non-hydrogen) atoms. The fraction of sp³-hybridized carbons (Fsp3) is 0.480. The predicted octanol–water partition coefficient (Wildman–Crippen LogP) is 4.57. The highest BCUT2D eigenvalue weighted by Gasteiger charge is 2.24. The molecule has 9 nitrogen and oxygen atoms in total. The molecule has 1 saturated heterocycles. The quantitative estimate of drug-likeness (QED) is 0.329. The molecule has 2 aliphatic rings. The van der Waals surface area contributed by atoms with Gasteiger partial charge in [-0.15, -0.1) is 11.3 Å². The Kier molecular flexibility index (Phi) is 8.29. The van der Waals surface area contributed by atoms with Crippen LogP contribution in [0.5, 0.6) is 5.88 Å². The molecule has 190 valence electrons. The smallest absolute Gasteiger partial charge is 0.280 e. The lowest BCUT2D eigenvalue weighted by Gasteiger charge is -2.22.